The fraction of sp³-hybridized carbons (Fsp3) is 0. The van der Waals surface area contributed by atoms with Gasteiger partial charge < -0.3 is 14.2 Å². The fourth-order valence-electron chi connectivity index (χ4n) is 6.74. The van der Waals surface area contributed by atoms with E-state index in [1.54, 1.807) is 22.7 Å². The molecule has 9 aromatic rings. The van der Waals surface area contributed by atoms with Crippen molar-refractivity contribution in [1.82, 2.24) is 0 Å². The Labute approximate surface area is 317 Å². The predicted octanol–water partition coefficient (Wildman–Crippen LogP) is 15.0. The van der Waals surface area contributed by atoms with Crippen molar-refractivity contribution >= 4 is 55.4 Å². The molecule has 6 aromatic carbocycles. The van der Waals surface area contributed by atoms with E-state index in [-0.39, 0.29) is 0 Å². The van der Waals surface area contributed by atoms with Crippen molar-refractivity contribution in [3.8, 4) is 44.9 Å². The van der Waals surface area contributed by atoms with Gasteiger partial charge in [-0.05, 0) is 119 Å². The van der Waals surface area contributed by atoms with Crippen LogP contribution in [0.3, 0.4) is 0 Å². The summed E-state index contributed by atoms with van der Waals surface area (Å²) in [5.41, 5.74) is 11.3. The first-order chi connectivity index (χ1) is 26.3. The Kier molecular flexibility index (Phi) is 9.00. The van der Waals surface area contributed by atoms with Gasteiger partial charge in [-0.2, -0.15) is 0 Å². The molecule has 0 N–H and O–H groups in total. The Bertz CT molecular complexity index is 2360. The summed E-state index contributed by atoms with van der Waals surface area (Å²) in [5, 5.41) is 6.70. The van der Waals surface area contributed by atoms with Crippen molar-refractivity contribution in [3.05, 3.63) is 205 Å². The third kappa shape index (κ3) is 6.60. The second-order valence-electron chi connectivity index (χ2n) is 12.6. The monoisotopic (exact) mass is 718 g/mol. The van der Waals surface area contributed by atoms with E-state index < -0.39 is 0 Å². The lowest BCUT2D eigenvalue weighted by atomic mass is 10.1. The van der Waals surface area contributed by atoms with Gasteiger partial charge >= 0.3 is 0 Å². The highest BCUT2D eigenvalue weighted by Crippen LogP contribution is 2.46. The number of para-hydroxylation sites is 2. The fourth-order valence-corrected chi connectivity index (χ4v) is 8.67. The SMILES string of the molecule is c1ccc(-c2ccsc2N(c2ccccc2)c2ccc(-c3ccc(-c4ccc(N(c5ccccc5)c5sccc5-c5ccccc5)cc4)o3)cc2)cc1. The van der Waals surface area contributed by atoms with Crippen LogP contribution in [0.25, 0.3) is 44.9 Å². The lowest BCUT2D eigenvalue weighted by Gasteiger charge is -2.25. The number of hydrogen-bond acceptors (Lipinski definition) is 5. The minimum absolute atomic E-state index is 0.833. The summed E-state index contributed by atoms with van der Waals surface area (Å²) in [5.74, 6) is 1.67. The molecule has 0 amide bonds. The molecule has 3 heterocycles. The lowest BCUT2D eigenvalue weighted by Crippen LogP contribution is -2.09. The summed E-state index contributed by atoms with van der Waals surface area (Å²) in [4.78, 5) is 4.67. The molecule has 0 atom stereocenters. The maximum atomic E-state index is 6.50. The molecule has 0 saturated heterocycles. The highest BCUT2D eigenvalue weighted by atomic mass is 32.1. The topological polar surface area (TPSA) is 19.6 Å². The van der Waals surface area contributed by atoms with Gasteiger partial charge in [-0.15, -0.1) is 22.7 Å². The smallest absolute Gasteiger partial charge is 0.134 e. The Morgan fingerprint density at radius 3 is 1.02 bits per heavy atom. The molecule has 5 heteroatoms. The average molecular weight is 719 g/mol. The third-order valence-electron chi connectivity index (χ3n) is 9.32. The molecule has 0 aliphatic heterocycles. The largest absolute Gasteiger partial charge is 0.456 e. The summed E-state index contributed by atoms with van der Waals surface area (Å²) < 4.78 is 6.50. The zero-order valence-corrected chi connectivity index (χ0v) is 30.4. The van der Waals surface area contributed by atoms with Crippen LogP contribution < -0.4 is 9.80 Å². The van der Waals surface area contributed by atoms with Gasteiger partial charge in [0.15, 0.2) is 0 Å². The van der Waals surface area contributed by atoms with Crippen LogP contribution in [0.2, 0.25) is 0 Å². The first-order valence-corrected chi connectivity index (χ1v) is 19.3. The van der Waals surface area contributed by atoms with Gasteiger partial charge in [0.2, 0.25) is 0 Å². The van der Waals surface area contributed by atoms with Crippen LogP contribution in [0.15, 0.2) is 209 Å². The number of rotatable bonds is 10. The maximum Gasteiger partial charge on any atom is 0.134 e. The standard InChI is InChI=1S/C48H34N2OS2/c1-5-13-35(14-6-1)43-31-33-52-47(43)49(39-17-9-3-10-18-39)41-25-21-37(22-26-41)45-29-30-46(51-45)38-23-27-42(28-24-38)50(40-19-11-4-12-20-40)48-44(32-34-53-48)36-15-7-2-8-16-36/h1-34H. The van der Waals surface area contributed by atoms with E-state index in [0.717, 1.165) is 45.4 Å². The molecule has 0 fully saturated rings. The van der Waals surface area contributed by atoms with Gasteiger partial charge in [-0.25, -0.2) is 0 Å². The lowest BCUT2D eigenvalue weighted by molar-refractivity contribution is 0.597. The summed E-state index contributed by atoms with van der Waals surface area (Å²) in [6, 6.07) is 68.2. The predicted molar refractivity (Wildman–Crippen MR) is 226 cm³/mol. The van der Waals surface area contributed by atoms with E-state index >= 15 is 0 Å². The highest BCUT2D eigenvalue weighted by molar-refractivity contribution is 7.15. The molecule has 0 radical (unpaired) electrons. The second kappa shape index (κ2) is 14.7. The van der Waals surface area contributed by atoms with Crippen LogP contribution in [-0.2, 0) is 0 Å². The molecule has 0 aliphatic carbocycles. The Morgan fingerprint density at radius 1 is 0.302 bits per heavy atom. The minimum atomic E-state index is 0.833. The molecule has 254 valence electrons. The molecule has 0 bridgehead atoms. The van der Waals surface area contributed by atoms with E-state index in [4.69, 9.17) is 4.42 Å². The van der Waals surface area contributed by atoms with Crippen LogP contribution >= 0.6 is 22.7 Å². The zero-order valence-electron chi connectivity index (χ0n) is 28.7. The van der Waals surface area contributed by atoms with E-state index in [9.17, 15) is 0 Å². The van der Waals surface area contributed by atoms with Crippen LogP contribution in [0.5, 0.6) is 0 Å². The summed E-state index contributed by atoms with van der Waals surface area (Å²) in [6.45, 7) is 0. The van der Waals surface area contributed by atoms with Crippen LogP contribution in [0.1, 0.15) is 0 Å². The molecular weight excluding hydrogens is 685 g/mol. The first kappa shape index (κ1) is 32.5. The number of anilines is 6. The van der Waals surface area contributed by atoms with Gasteiger partial charge in [0.1, 0.15) is 21.5 Å². The van der Waals surface area contributed by atoms with Crippen molar-refractivity contribution in [3.63, 3.8) is 0 Å². The van der Waals surface area contributed by atoms with Gasteiger partial charge in [0.05, 0.1) is 0 Å². The highest BCUT2D eigenvalue weighted by Gasteiger charge is 2.20. The van der Waals surface area contributed by atoms with Gasteiger partial charge in [0, 0.05) is 45.0 Å². The summed E-state index contributed by atoms with van der Waals surface area (Å²) >= 11 is 3.50. The van der Waals surface area contributed by atoms with Crippen LogP contribution in [-0.4, -0.2) is 0 Å². The van der Waals surface area contributed by atoms with Crippen molar-refractivity contribution in [1.29, 1.82) is 0 Å². The molecule has 0 unspecified atom stereocenters. The number of benzene rings is 6. The summed E-state index contributed by atoms with van der Waals surface area (Å²) in [6.07, 6.45) is 0. The Balaban J connectivity index is 1.00. The van der Waals surface area contributed by atoms with E-state index in [0.29, 0.717) is 0 Å². The van der Waals surface area contributed by atoms with Crippen molar-refractivity contribution < 1.29 is 4.42 Å². The molecule has 0 aliphatic rings. The molecule has 3 nitrogen and oxygen atoms in total. The minimum Gasteiger partial charge on any atom is -0.456 e. The second-order valence-corrected chi connectivity index (χ2v) is 14.4. The van der Waals surface area contributed by atoms with Gasteiger partial charge in [-0.1, -0.05) is 97.1 Å². The van der Waals surface area contributed by atoms with Crippen molar-refractivity contribution in [2.75, 3.05) is 9.80 Å². The van der Waals surface area contributed by atoms with Crippen molar-refractivity contribution in [2.24, 2.45) is 0 Å². The first-order valence-electron chi connectivity index (χ1n) is 17.6. The molecular formula is C48H34N2OS2. The van der Waals surface area contributed by atoms with E-state index in [2.05, 4.69) is 215 Å². The van der Waals surface area contributed by atoms with Crippen molar-refractivity contribution in [2.45, 2.75) is 0 Å². The molecule has 0 spiro atoms. The maximum absolute atomic E-state index is 6.50. The molecule has 53 heavy (non-hydrogen) atoms. The average Bonchev–Trinajstić information content (AvgIpc) is 4.03. The number of hydrogen-bond donors (Lipinski definition) is 0. The Hall–Kier alpha value is -6.40. The number of thiophene rings is 2. The number of furan rings is 1. The van der Waals surface area contributed by atoms with Gasteiger partial charge in [-0.3, -0.25) is 0 Å². The molecule has 9 rings (SSSR count). The number of nitrogens with zero attached hydrogens (tertiary/aromatic N) is 2. The van der Waals surface area contributed by atoms with E-state index in [1.807, 2.05) is 0 Å². The Morgan fingerprint density at radius 2 is 0.642 bits per heavy atom. The quantitative estimate of drug-likeness (QED) is 0.140. The third-order valence-corrected chi connectivity index (χ3v) is 11.1. The van der Waals surface area contributed by atoms with Crippen LogP contribution in [0, 0.1) is 0 Å². The summed E-state index contributed by atoms with van der Waals surface area (Å²) in [7, 11) is 0. The van der Waals surface area contributed by atoms with E-state index in [1.165, 1.54) is 32.3 Å². The van der Waals surface area contributed by atoms with Gasteiger partial charge in [0.25, 0.3) is 0 Å². The zero-order chi connectivity index (χ0) is 35.4. The molecule has 3 aromatic heterocycles. The normalized spacial score (nSPS) is 11.0. The van der Waals surface area contributed by atoms with Crippen LogP contribution in [0.4, 0.5) is 32.8 Å². The molecule has 0 saturated carbocycles.